The molecule has 0 unspecified atom stereocenters. The van der Waals surface area contributed by atoms with Gasteiger partial charge in [0.2, 0.25) is 5.95 Å². The average Bonchev–Trinajstić information content (AvgIpc) is 3.06. The normalized spacial score (nSPS) is 12.8. The molecule has 0 aliphatic rings. The van der Waals surface area contributed by atoms with Gasteiger partial charge in [0.15, 0.2) is 5.58 Å². The van der Waals surface area contributed by atoms with Gasteiger partial charge in [0.05, 0.1) is 16.5 Å². The van der Waals surface area contributed by atoms with Gasteiger partial charge in [-0.2, -0.15) is 4.39 Å². The summed E-state index contributed by atoms with van der Waals surface area (Å²) in [6.45, 7) is 3.77. The molecular formula is C22H21FN4O4S. The molecule has 4 aromatic rings. The van der Waals surface area contributed by atoms with Gasteiger partial charge >= 0.3 is 5.76 Å². The molecule has 32 heavy (non-hydrogen) atoms. The van der Waals surface area contributed by atoms with Crippen molar-refractivity contribution >= 4 is 26.9 Å². The molecule has 0 saturated heterocycles. The lowest BCUT2D eigenvalue weighted by molar-refractivity contribution is 0.488. The zero-order valence-electron chi connectivity index (χ0n) is 17.4. The number of nitrogens with one attached hydrogen (secondary N) is 1. The number of aromatic nitrogens is 2. The van der Waals surface area contributed by atoms with E-state index in [0.29, 0.717) is 17.6 Å². The highest BCUT2D eigenvalue weighted by Gasteiger charge is 2.24. The van der Waals surface area contributed by atoms with Crippen LogP contribution in [0, 0.1) is 12.9 Å². The number of oxazole rings is 1. The van der Waals surface area contributed by atoms with Gasteiger partial charge < -0.3 is 10.2 Å². The lowest BCUT2D eigenvalue weighted by Gasteiger charge is -2.17. The second-order valence-electron chi connectivity index (χ2n) is 7.35. The van der Waals surface area contributed by atoms with Crippen LogP contribution in [0.1, 0.15) is 29.7 Å². The van der Waals surface area contributed by atoms with Gasteiger partial charge in [0, 0.05) is 12.6 Å². The van der Waals surface area contributed by atoms with Crippen LogP contribution in [0.2, 0.25) is 0 Å². The maximum absolute atomic E-state index is 13.3. The van der Waals surface area contributed by atoms with Gasteiger partial charge in [-0.25, -0.2) is 18.2 Å². The van der Waals surface area contributed by atoms with Gasteiger partial charge in [-0.05, 0) is 48.7 Å². The van der Waals surface area contributed by atoms with Crippen molar-refractivity contribution in [3.63, 3.8) is 0 Å². The Hall–Kier alpha value is -3.50. The summed E-state index contributed by atoms with van der Waals surface area (Å²) in [5.41, 5.74) is 8.56. The molecule has 3 N–H and O–H groups in total. The molecule has 0 fully saturated rings. The predicted molar refractivity (Wildman–Crippen MR) is 118 cm³/mol. The fourth-order valence-corrected chi connectivity index (χ4v) is 4.99. The van der Waals surface area contributed by atoms with E-state index in [-0.39, 0.29) is 22.3 Å². The summed E-state index contributed by atoms with van der Waals surface area (Å²) in [5, 5.41) is 0. The number of nitrogens with zero attached hydrogens (tertiary/aromatic N) is 2. The summed E-state index contributed by atoms with van der Waals surface area (Å²) >= 11 is 0. The summed E-state index contributed by atoms with van der Waals surface area (Å²) in [4.78, 5) is 16.1. The van der Waals surface area contributed by atoms with Crippen LogP contribution < -0.4 is 16.2 Å². The van der Waals surface area contributed by atoms with Gasteiger partial charge in [-0.15, -0.1) is 0 Å². The van der Waals surface area contributed by atoms with Crippen molar-refractivity contribution in [2.45, 2.75) is 31.3 Å². The molecule has 8 nitrogen and oxygen atoms in total. The molecule has 0 bridgehead atoms. The Bertz CT molecular complexity index is 1480. The van der Waals surface area contributed by atoms with E-state index in [4.69, 9.17) is 10.2 Å². The molecule has 0 aliphatic heterocycles. The van der Waals surface area contributed by atoms with Crippen molar-refractivity contribution in [2.24, 2.45) is 5.73 Å². The quantitative estimate of drug-likeness (QED) is 0.430. The third-order valence-corrected chi connectivity index (χ3v) is 6.76. The fraction of sp³-hybridized carbons (Fsp3) is 0.182. The Labute approximate surface area is 183 Å². The number of anilines is 1. The summed E-state index contributed by atoms with van der Waals surface area (Å²) < 4.78 is 48.2. The van der Waals surface area contributed by atoms with Crippen LogP contribution in [0.15, 0.2) is 68.7 Å². The first-order valence-corrected chi connectivity index (χ1v) is 11.3. The molecule has 0 radical (unpaired) electrons. The van der Waals surface area contributed by atoms with Crippen molar-refractivity contribution in [3.8, 4) is 0 Å². The van der Waals surface area contributed by atoms with E-state index in [1.807, 2.05) is 31.2 Å². The van der Waals surface area contributed by atoms with E-state index in [0.717, 1.165) is 17.2 Å². The monoisotopic (exact) mass is 456 g/mol. The number of halogens is 1. The second-order valence-corrected chi connectivity index (χ2v) is 9.00. The number of benzene rings is 2. The number of pyridine rings is 1. The number of sulfonamides is 1. The Kier molecular flexibility index (Phi) is 5.57. The molecular weight excluding hydrogens is 435 g/mol. The highest BCUT2D eigenvalue weighted by molar-refractivity contribution is 7.92. The van der Waals surface area contributed by atoms with E-state index in [9.17, 15) is 17.6 Å². The molecule has 0 amide bonds. The zero-order chi connectivity index (χ0) is 23.0. The first kappa shape index (κ1) is 21.7. The number of hydrogen-bond acceptors (Lipinski definition) is 6. The van der Waals surface area contributed by atoms with E-state index in [1.165, 1.54) is 22.8 Å². The standard InChI is InChI=1S/C22H21FN4O4S/c1-13-10-17-18(11-19(13)32(29,30)26-21-9-5-8-20(23)25-21)31-22(28)27(17)14(2)16-7-4-3-6-15(16)12-24/h3-11,14H,12,24H2,1-2H3,(H,25,26)/t14-/m1/s1. The van der Waals surface area contributed by atoms with Crippen LogP contribution in [0.25, 0.3) is 11.1 Å². The second kappa shape index (κ2) is 8.21. The highest BCUT2D eigenvalue weighted by atomic mass is 32.2. The van der Waals surface area contributed by atoms with E-state index >= 15 is 0 Å². The molecule has 0 saturated carbocycles. The molecule has 2 aromatic carbocycles. The van der Waals surface area contributed by atoms with Crippen LogP contribution in [-0.2, 0) is 16.6 Å². The Morgan fingerprint density at radius 2 is 1.94 bits per heavy atom. The summed E-state index contributed by atoms with van der Waals surface area (Å²) in [6.07, 6.45) is 0. The Morgan fingerprint density at radius 3 is 2.66 bits per heavy atom. The van der Waals surface area contributed by atoms with Crippen LogP contribution in [-0.4, -0.2) is 18.0 Å². The average molecular weight is 456 g/mol. The third kappa shape index (κ3) is 3.90. The topological polar surface area (TPSA) is 120 Å². The largest absolute Gasteiger partial charge is 0.420 e. The van der Waals surface area contributed by atoms with Crippen molar-refractivity contribution in [1.82, 2.24) is 9.55 Å². The maximum Gasteiger partial charge on any atom is 0.420 e. The smallest absolute Gasteiger partial charge is 0.408 e. The van der Waals surface area contributed by atoms with E-state index in [1.54, 1.807) is 13.0 Å². The Morgan fingerprint density at radius 1 is 1.19 bits per heavy atom. The number of fused-ring (bicyclic) bond motifs is 1. The molecule has 4 rings (SSSR count). The maximum atomic E-state index is 13.3. The predicted octanol–water partition coefficient (Wildman–Crippen LogP) is 3.31. The number of nitrogens with two attached hydrogens (primary N) is 1. The van der Waals surface area contributed by atoms with Gasteiger partial charge in [-0.1, -0.05) is 30.3 Å². The Balaban J connectivity index is 1.80. The number of aryl methyl sites for hydroxylation is 1. The summed E-state index contributed by atoms with van der Waals surface area (Å²) in [5.74, 6) is -1.59. The fourth-order valence-electron chi connectivity index (χ4n) is 3.75. The van der Waals surface area contributed by atoms with Crippen LogP contribution >= 0.6 is 0 Å². The minimum atomic E-state index is -4.11. The molecule has 2 heterocycles. The molecule has 2 aromatic heterocycles. The van der Waals surface area contributed by atoms with Crippen molar-refractivity contribution in [3.05, 3.63) is 87.8 Å². The molecule has 0 spiro atoms. The van der Waals surface area contributed by atoms with Gasteiger partial charge in [0.1, 0.15) is 5.82 Å². The van der Waals surface area contributed by atoms with E-state index < -0.39 is 21.7 Å². The van der Waals surface area contributed by atoms with Gasteiger partial charge in [0.25, 0.3) is 10.0 Å². The van der Waals surface area contributed by atoms with Gasteiger partial charge in [-0.3, -0.25) is 9.29 Å². The lowest BCUT2D eigenvalue weighted by atomic mass is 10.0. The molecule has 166 valence electrons. The van der Waals surface area contributed by atoms with Crippen LogP contribution in [0.5, 0.6) is 0 Å². The number of rotatable bonds is 6. The third-order valence-electron chi connectivity index (χ3n) is 5.27. The number of hydrogen-bond donors (Lipinski definition) is 2. The molecule has 1 atom stereocenters. The van der Waals surface area contributed by atoms with E-state index in [2.05, 4.69) is 9.71 Å². The van der Waals surface area contributed by atoms with Crippen molar-refractivity contribution in [1.29, 1.82) is 0 Å². The van der Waals surface area contributed by atoms with Crippen molar-refractivity contribution in [2.75, 3.05) is 4.72 Å². The first-order valence-electron chi connectivity index (χ1n) is 9.80. The molecule has 0 aliphatic carbocycles. The summed E-state index contributed by atoms with van der Waals surface area (Å²) in [6, 6.07) is 13.8. The molecule has 10 heteroatoms. The SMILES string of the molecule is Cc1cc2c(cc1S(=O)(=O)Nc1cccc(F)n1)oc(=O)n2[C@H](C)c1ccccc1CN. The first-order chi connectivity index (χ1) is 15.2. The zero-order valence-corrected chi connectivity index (χ0v) is 18.2. The van der Waals surface area contributed by atoms with Crippen LogP contribution in [0.4, 0.5) is 10.2 Å². The minimum Gasteiger partial charge on any atom is -0.408 e. The van der Waals surface area contributed by atoms with Crippen molar-refractivity contribution < 1.29 is 17.2 Å². The highest BCUT2D eigenvalue weighted by Crippen LogP contribution is 2.29. The minimum absolute atomic E-state index is 0.105. The van der Waals surface area contributed by atoms with Crippen LogP contribution in [0.3, 0.4) is 0 Å². The lowest BCUT2D eigenvalue weighted by Crippen LogP contribution is -2.21. The summed E-state index contributed by atoms with van der Waals surface area (Å²) in [7, 11) is -4.11.